The van der Waals surface area contributed by atoms with Crippen LogP contribution in [-0.2, 0) is 0 Å². The summed E-state index contributed by atoms with van der Waals surface area (Å²) in [7, 11) is 0. The molecule has 0 saturated carbocycles. The third-order valence-corrected chi connectivity index (χ3v) is 3.43. The van der Waals surface area contributed by atoms with Gasteiger partial charge in [-0.15, -0.1) is 0 Å². The Balaban J connectivity index is 2.09. The van der Waals surface area contributed by atoms with Crippen molar-refractivity contribution in [2.24, 2.45) is 5.73 Å². The van der Waals surface area contributed by atoms with Crippen LogP contribution in [0.15, 0.2) is 24.3 Å². The van der Waals surface area contributed by atoms with Crippen molar-refractivity contribution in [2.75, 3.05) is 19.6 Å². The van der Waals surface area contributed by atoms with E-state index in [2.05, 4.69) is 11.8 Å². The highest BCUT2D eigenvalue weighted by Gasteiger charge is 2.31. The molecular formula is C16H20N2O2. The highest BCUT2D eigenvalue weighted by Crippen LogP contribution is 2.21. The molecule has 1 atom stereocenters. The van der Waals surface area contributed by atoms with Crippen molar-refractivity contribution in [3.8, 4) is 11.8 Å². The van der Waals surface area contributed by atoms with E-state index in [0.29, 0.717) is 25.2 Å². The molecule has 1 saturated heterocycles. The summed E-state index contributed by atoms with van der Waals surface area (Å²) >= 11 is 0. The van der Waals surface area contributed by atoms with Gasteiger partial charge in [0, 0.05) is 24.2 Å². The highest BCUT2D eigenvalue weighted by atomic mass is 16.3. The van der Waals surface area contributed by atoms with Gasteiger partial charge < -0.3 is 15.7 Å². The lowest BCUT2D eigenvalue weighted by Gasteiger charge is -2.36. The number of aliphatic hydroxyl groups is 1. The summed E-state index contributed by atoms with van der Waals surface area (Å²) in [6.45, 7) is 3.19. The van der Waals surface area contributed by atoms with Gasteiger partial charge in [0.15, 0.2) is 0 Å². The molecule has 20 heavy (non-hydrogen) atoms. The summed E-state index contributed by atoms with van der Waals surface area (Å²) in [5.41, 5.74) is 6.01. The molecule has 0 bridgehead atoms. The maximum absolute atomic E-state index is 12.4. The van der Waals surface area contributed by atoms with Crippen LogP contribution in [0.4, 0.5) is 0 Å². The van der Waals surface area contributed by atoms with Gasteiger partial charge in [0.25, 0.3) is 5.91 Å². The lowest BCUT2D eigenvalue weighted by atomic mass is 9.94. The Kier molecular flexibility index (Phi) is 4.43. The van der Waals surface area contributed by atoms with Crippen molar-refractivity contribution in [1.29, 1.82) is 0 Å². The lowest BCUT2D eigenvalue weighted by Crippen LogP contribution is -2.48. The third-order valence-electron chi connectivity index (χ3n) is 3.43. The van der Waals surface area contributed by atoms with Gasteiger partial charge in [-0.3, -0.25) is 4.79 Å². The molecule has 4 nitrogen and oxygen atoms in total. The van der Waals surface area contributed by atoms with E-state index in [1.54, 1.807) is 24.0 Å². The number of β-amino-alcohol motifs (C(OH)–C–C–N with tert-alkyl or cyclic N) is 1. The van der Waals surface area contributed by atoms with Crippen LogP contribution >= 0.6 is 0 Å². The van der Waals surface area contributed by atoms with Gasteiger partial charge in [0.05, 0.1) is 12.1 Å². The van der Waals surface area contributed by atoms with Crippen molar-refractivity contribution in [2.45, 2.75) is 25.4 Å². The number of carbonyl (C=O) groups is 1. The Morgan fingerprint density at radius 1 is 1.45 bits per heavy atom. The Morgan fingerprint density at radius 3 is 2.75 bits per heavy atom. The maximum atomic E-state index is 12.4. The molecule has 1 fully saturated rings. The van der Waals surface area contributed by atoms with E-state index in [1.165, 1.54) is 0 Å². The molecular weight excluding hydrogens is 252 g/mol. The summed E-state index contributed by atoms with van der Waals surface area (Å²) in [5.74, 6) is 5.66. The van der Waals surface area contributed by atoms with Crippen LogP contribution in [0, 0.1) is 11.8 Å². The molecule has 106 valence electrons. The summed E-state index contributed by atoms with van der Waals surface area (Å²) in [6.07, 6.45) is 1.57. The van der Waals surface area contributed by atoms with Crippen molar-refractivity contribution in [1.82, 2.24) is 4.90 Å². The van der Waals surface area contributed by atoms with Crippen molar-refractivity contribution in [3.05, 3.63) is 35.4 Å². The van der Waals surface area contributed by atoms with Gasteiger partial charge in [-0.2, -0.15) is 0 Å². The molecule has 1 unspecified atom stereocenters. The highest BCUT2D eigenvalue weighted by molar-refractivity contribution is 5.94. The number of amides is 1. The van der Waals surface area contributed by atoms with E-state index in [1.807, 2.05) is 12.1 Å². The van der Waals surface area contributed by atoms with Crippen molar-refractivity contribution < 1.29 is 9.90 Å². The number of piperidine rings is 1. The SMILES string of the molecule is CC1(O)CCCN(C(=O)c2ccc(C#CCN)cc2)C1. The number of nitrogens with two attached hydrogens (primary N) is 1. The average Bonchev–Trinajstić information content (AvgIpc) is 2.44. The Labute approximate surface area is 119 Å². The fraction of sp³-hybridized carbons (Fsp3) is 0.438. The quantitative estimate of drug-likeness (QED) is 0.749. The summed E-state index contributed by atoms with van der Waals surface area (Å²) < 4.78 is 0. The summed E-state index contributed by atoms with van der Waals surface area (Å²) in [5, 5.41) is 10.1. The monoisotopic (exact) mass is 272 g/mol. The first-order valence-corrected chi connectivity index (χ1v) is 6.82. The second-order valence-electron chi connectivity index (χ2n) is 5.41. The van der Waals surface area contributed by atoms with Crippen LogP contribution < -0.4 is 5.73 Å². The first kappa shape index (κ1) is 14.6. The van der Waals surface area contributed by atoms with E-state index in [4.69, 9.17) is 5.73 Å². The minimum absolute atomic E-state index is 0.0386. The molecule has 0 aromatic heterocycles. The standard InChI is InChI=1S/C16H20N2O2/c1-16(20)9-3-11-18(12-16)15(19)14-7-5-13(6-8-14)4-2-10-17/h5-8,20H,3,9-12,17H2,1H3. The van der Waals surface area contributed by atoms with E-state index in [9.17, 15) is 9.90 Å². The lowest BCUT2D eigenvalue weighted by molar-refractivity contribution is -0.0107. The first-order chi connectivity index (χ1) is 9.52. The molecule has 1 amide bonds. The fourth-order valence-corrected chi connectivity index (χ4v) is 2.43. The van der Waals surface area contributed by atoms with Crippen LogP contribution in [0.1, 0.15) is 35.7 Å². The van der Waals surface area contributed by atoms with Crippen molar-refractivity contribution >= 4 is 5.91 Å². The van der Waals surface area contributed by atoms with Crippen LogP contribution in [0.25, 0.3) is 0 Å². The van der Waals surface area contributed by atoms with Gasteiger partial charge >= 0.3 is 0 Å². The number of likely N-dealkylation sites (tertiary alicyclic amines) is 1. The van der Waals surface area contributed by atoms with Gasteiger partial charge in [-0.1, -0.05) is 11.8 Å². The zero-order chi connectivity index (χ0) is 14.6. The largest absolute Gasteiger partial charge is 0.388 e. The second kappa shape index (κ2) is 6.08. The number of benzene rings is 1. The fourth-order valence-electron chi connectivity index (χ4n) is 2.43. The number of carbonyl (C=O) groups excluding carboxylic acids is 1. The van der Waals surface area contributed by atoms with Gasteiger partial charge in [0.2, 0.25) is 0 Å². The topological polar surface area (TPSA) is 66.6 Å². The van der Waals surface area contributed by atoms with Crippen LogP contribution in [0.5, 0.6) is 0 Å². The maximum Gasteiger partial charge on any atom is 0.253 e. The van der Waals surface area contributed by atoms with Crippen LogP contribution in [0.3, 0.4) is 0 Å². The molecule has 0 radical (unpaired) electrons. The number of hydrogen-bond donors (Lipinski definition) is 2. The van der Waals surface area contributed by atoms with Crippen LogP contribution in [0.2, 0.25) is 0 Å². The second-order valence-corrected chi connectivity index (χ2v) is 5.41. The summed E-state index contributed by atoms with van der Waals surface area (Å²) in [6, 6.07) is 7.17. The van der Waals surface area contributed by atoms with Crippen molar-refractivity contribution in [3.63, 3.8) is 0 Å². The van der Waals surface area contributed by atoms with E-state index in [0.717, 1.165) is 18.4 Å². The minimum atomic E-state index is -0.777. The van der Waals surface area contributed by atoms with Gasteiger partial charge in [-0.05, 0) is 44.0 Å². The molecule has 0 spiro atoms. The molecule has 1 aromatic rings. The predicted octanol–water partition coefficient (Wildman–Crippen LogP) is 0.984. The minimum Gasteiger partial charge on any atom is -0.388 e. The average molecular weight is 272 g/mol. The molecule has 3 N–H and O–H groups in total. The molecule has 0 aliphatic carbocycles. The smallest absolute Gasteiger partial charge is 0.253 e. The van der Waals surface area contributed by atoms with E-state index >= 15 is 0 Å². The summed E-state index contributed by atoms with van der Waals surface area (Å²) in [4.78, 5) is 14.1. The molecule has 1 aromatic carbocycles. The van der Waals surface area contributed by atoms with Gasteiger partial charge in [-0.25, -0.2) is 0 Å². The zero-order valence-corrected chi connectivity index (χ0v) is 11.7. The Bertz CT molecular complexity index is 538. The molecule has 1 heterocycles. The van der Waals surface area contributed by atoms with Crippen LogP contribution in [-0.4, -0.2) is 41.1 Å². The molecule has 1 aliphatic rings. The number of nitrogens with zero attached hydrogens (tertiary/aromatic N) is 1. The van der Waals surface area contributed by atoms with E-state index in [-0.39, 0.29) is 5.91 Å². The molecule has 1 aliphatic heterocycles. The predicted molar refractivity (Wildman–Crippen MR) is 78.1 cm³/mol. The Hall–Kier alpha value is -1.83. The number of hydrogen-bond acceptors (Lipinski definition) is 3. The first-order valence-electron chi connectivity index (χ1n) is 6.82. The third kappa shape index (κ3) is 3.60. The molecule has 4 heteroatoms. The Morgan fingerprint density at radius 2 is 2.15 bits per heavy atom. The normalized spacial score (nSPS) is 22.1. The van der Waals surface area contributed by atoms with E-state index < -0.39 is 5.60 Å². The zero-order valence-electron chi connectivity index (χ0n) is 11.7. The molecule has 2 rings (SSSR count). The van der Waals surface area contributed by atoms with Gasteiger partial charge in [0.1, 0.15) is 0 Å². The number of rotatable bonds is 1.